The van der Waals surface area contributed by atoms with Gasteiger partial charge in [-0.05, 0) is 18.1 Å². The van der Waals surface area contributed by atoms with Crippen LogP contribution in [0.5, 0.6) is 0 Å². The summed E-state index contributed by atoms with van der Waals surface area (Å²) in [6.45, 7) is 6.06. The van der Waals surface area contributed by atoms with Gasteiger partial charge in [0, 0.05) is 35.3 Å². The van der Waals surface area contributed by atoms with Gasteiger partial charge in [0.1, 0.15) is 0 Å². The zero-order chi connectivity index (χ0) is 11.5. The first kappa shape index (κ1) is 11.6. The SMILES string of the molecule is CC(C)c1ccc(CNC2CNC(=O)C2)s1. The Morgan fingerprint density at radius 1 is 1.56 bits per heavy atom. The first-order chi connectivity index (χ1) is 7.65. The summed E-state index contributed by atoms with van der Waals surface area (Å²) in [5.41, 5.74) is 0. The minimum absolute atomic E-state index is 0.159. The normalized spacial score (nSPS) is 20.4. The fourth-order valence-electron chi connectivity index (χ4n) is 1.79. The highest BCUT2D eigenvalue weighted by molar-refractivity contribution is 7.12. The van der Waals surface area contributed by atoms with Crippen molar-refractivity contribution in [2.75, 3.05) is 6.54 Å². The van der Waals surface area contributed by atoms with Gasteiger partial charge in [0.05, 0.1) is 0 Å². The predicted octanol–water partition coefficient (Wildman–Crippen LogP) is 1.85. The number of nitrogens with one attached hydrogen (secondary N) is 2. The van der Waals surface area contributed by atoms with E-state index in [-0.39, 0.29) is 5.91 Å². The highest BCUT2D eigenvalue weighted by Gasteiger charge is 2.20. The van der Waals surface area contributed by atoms with E-state index in [2.05, 4.69) is 36.6 Å². The molecule has 1 unspecified atom stereocenters. The number of amides is 1. The smallest absolute Gasteiger partial charge is 0.221 e. The van der Waals surface area contributed by atoms with Gasteiger partial charge in [0.2, 0.25) is 5.91 Å². The Labute approximate surface area is 100 Å². The Balaban J connectivity index is 1.83. The van der Waals surface area contributed by atoms with Gasteiger partial charge in [0.25, 0.3) is 0 Å². The maximum atomic E-state index is 11.0. The van der Waals surface area contributed by atoms with E-state index in [1.165, 1.54) is 9.75 Å². The van der Waals surface area contributed by atoms with E-state index in [0.717, 1.165) is 13.1 Å². The molecule has 1 aromatic rings. The van der Waals surface area contributed by atoms with Crippen LogP contribution in [0.2, 0.25) is 0 Å². The van der Waals surface area contributed by atoms with E-state index in [1.54, 1.807) is 0 Å². The van der Waals surface area contributed by atoms with Crippen LogP contribution in [0, 0.1) is 0 Å². The molecule has 1 aliphatic heterocycles. The van der Waals surface area contributed by atoms with Crippen molar-refractivity contribution < 1.29 is 4.79 Å². The molecule has 2 N–H and O–H groups in total. The molecule has 88 valence electrons. The summed E-state index contributed by atoms with van der Waals surface area (Å²) in [4.78, 5) is 13.8. The summed E-state index contributed by atoms with van der Waals surface area (Å²) >= 11 is 1.86. The summed E-state index contributed by atoms with van der Waals surface area (Å²) in [7, 11) is 0. The summed E-state index contributed by atoms with van der Waals surface area (Å²) < 4.78 is 0. The largest absolute Gasteiger partial charge is 0.354 e. The summed E-state index contributed by atoms with van der Waals surface area (Å²) in [5.74, 6) is 0.764. The third-order valence-electron chi connectivity index (χ3n) is 2.79. The molecule has 0 aliphatic carbocycles. The molecule has 2 rings (SSSR count). The van der Waals surface area contributed by atoms with E-state index < -0.39 is 0 Å². The molecule has 0 radical (unpaired) electrons. The van der Waals surface area contributed by atoms with Crippen LogP contribution < -0.4 is 10.6 Å². The van der Waals surface area contributed by atoms with Crippen LogP contribution >= 0.6 is 11.3 Å². The van der Waals surface area contributed by atoms with Crippen LogP contribution in [-0.4, -0.2) is 18.5 Å². The van der Waals surface area contributed by atoms with Gasteiger partial charge in [-0.3, -0.25) is 4.79 Å². The highest BCUT2D eigenvalue weighted by Crippen LogP contribution is 2.24. The van der Waals surface area contributed by atoms with Gasteiger partial charge >= 0.3 is 0 Å². The average molecular weight is 238 g/mol. The van der Waals surface area contributed by atoms with Crippen LogP contribution in [0.15, 0.2) is 12.1 Å². The minimum atomic E-state index is 0.159. The van der Waals surface area contributed by atoms with Crippen molar-refractivity contribution in [1.82, 2.24) is 10.6 Å². The molecule has 0 aromatic carbocycles. The summed E-state index contributed by atoms with van der Waals surface area (Å²) in [5, 5.41) is 6.24. The van der Waals surface area contributed by atoms with Gasteiger partial charge < -0.3 is 10.6 Å². The third kappa shape index (κ3) is 2.83. The van der Waals surface area contributed by atoms with Crippen LogP contribution in [0.25, 0.3) is 0 Å². The zero-order valence-corrected chi connectivity index (χ0v) is 10.6. The molecule has 0 saturated carbocycles. The molecule has 1 aliphatic rings. The second-order valence-corrected chi connectivity index (χ2v) is 5.74. The van der Waals surface area contributed by atoms with E-state index in [9.17, 15) is 4.79 Å². The Kier molecular flexibility index (Phi) is 3.61. The standard InChI is InChI=1S/C12H18N2OS/c1-8(2)11-4-3-10(16-11)7-13-9-5-12(15)14-6-9/h3-4,8-9,13H,5-7H2,1-2H3,(H,14,15). The first-order valence-electron chi connectivity index (χ1n) is 5.74. The van der Waals surface area contributed by atoms with Crippen LogP contribution in [0.3, 0.4) is 0 Å². The van der Waals surface area contributed by atoms with Crippen molar-refractivity contribution in [3.05, 3.63) is 21.9 Å². The van der Waals surface area contributed by atoms with Crippen molar-refractivity contribution >= 4 is 17.2 Å². The van der Waals surface area contributed by atoms with E-state index in [1.807, 2.05) is 11.3 Å². The van der Waals surface area contributed by atoms with Crippen molar-refractivity contribution in [2.24, 2.45) is 0 Å². The molecule has 0 bridgehead atoms. The Morgan fingerprint density at radius 2 is 2.38 bits per heavy atom. The van der Waals surface area contributed by atoms with Crippen molar-refractivity contribution in [1.29, 1.82) is 0 Å². The lowest BCUT2D eigenvalue weighted by Gasteiger charge is -2.08. The molecule has 1 atom stereocenters. The monoisotopic (exact) mass is 238 g/mol. The molecule has 1 aromatic heterocycles. The van der Waals surface area contributed by atoms with Gasteiger partial charge in [-0.2, -0.15) is 0 Å². The lowest BCUT2D eigenvalue weighted by Crippen LogP contribution is -2.30. The van der Waals surface area contributed by atoms with Gasteiger partial charge in [-0.25, -0.2) is 0 Å². The van der Waals surface area contributed by atoms with E-state index >= 15 is 0 Å². The molecular formula is C12H18N2OS. The predicted molar refractivity (Wildman–Crippen MR) is 66.7 cm³/mol. The van der Waals surface area contributed by atoms with Crippen LogP contribution in [0.4, 0.5) is 0 Å². The number of thiophene rings is 1. The summed E-state index contributed by atoms with van der Waals surface area (Å²) in [6, 6.07) is 4.68. The Bertz CT molecular complexity index is 373. The maximum Gasteiger partial charge on any atom is 0.221 e. The molecular weight excluding hydrogens is 220 g/mol. The molecule has 2 heterocycles. The Morgan fingerprint density at radius 3 is 2.94 bits per heavy atom. The number of carbonyl (C=O) groups is 1. The molecule has 1 amide bonds. The fourth-order valence-corrected chi connectivity index (χ4v) is 2.76. The molecule has 3 nitrogen and oxygen atoms in total. The van der Waals surface area contributed by atoms with Crippen LogP contribution in [-0.2, 0) is 11.3 Å². The molecule has 0 spiro atoms. The number of hydrogen-bond acceptors (Lipinski definition) is 3. The van der Waals surface area contributed by atoms with Gasteiger partial charge in [0.15, 0.2) is 0 Å². The first-order valence-corrected chi connectivity index (χ1v) is 6.55. The molecule has 1 saturated heterocycles. The lowest BCUT2D eigenvalue weighted by molar-refractivity contribution is -0.119. The number of hydrogen-bond donors (Lipinski definition) is 2. The third-order valence-corrected chi connectivity index (χ3v) is 4.18. The highest BCUT2D eigenvalue weighted by atomic mass is 32.1. The maximum absolute atomic E-state index is 11.0. The second kappa shape index (κ2) is 4.97. The number of carbonyl (C=O) groups excluding carboxylic acids is 1. The Hall–Kier alpha value is -0.870. The second-order valence-electron chi connectivity index (χ2n) is 4.54. The van der Waals surface area contributed by atoms with E-state index in [0.29, 0.717) is 18.4 Å². The fraction of sp³-hybridized carbons (Fsp3) is 0.583. The quantitative estimate of drug-likeness (QED) is 0.840. The molecule has 16 heavy (non-hydrogen) atoms. The van der Waals surface area contributed by atoms with Gasteiger partial charge in [-0.15, -0.1) is 11.3 Å². The van der Waals surface area contributed by atoms with Crippen molar-refractivity contribution in [2.45, 2.75) is 38.8 Å². The average Bonchev–Trinajstić information content (AvgIpc) is 2.83. The van der Waals surface area contributed by atoms with Crippen molar-refractivity contribution in [3.8, 4) is 0 Å². The topological polar surface area (TPSA) is 41.1 Å². The molecule has 4 heteroatoms. The van der Waals surface area contributed by atoms with Gasteiger partial charge in [-0.1, -0.05) is 13.8 Å². The number of rotatable bonds is 4. The minimum Gasteiger partial charge on any atom is -0.354 e. The lowest BCUT2D eigenvalue weighted by atomic mass is 10.2. The molecule has 1 fully saturated rings. The summed E-state index contributed by atoms with van der Waals surface area (Å²) in [6.07, 6.45) is 0.614. The van der Waals surface area contributed by atoms with E-state index in [4.69, 9.17) is 0 Å². The zero-order valence-electron chi connectivity index (χ0n) is 9.75. The van der Waals surface area contributed by atoms with Crippen molar-refractivity contribution in [3.63, 3.8) is 0 Å². The van der Waals surface area contributed by atoms with Crippen LogP contribution in [0.1, 0.15) is 35.9 Å².